The van der Waals surface area contributed by atoms with E-state index in [-0.39, 0.29) is 15.6 Å². The number of sulfonamides is 1. The predicted molar refractivity (Wildman–Crippen MR) is 82.5 cm³/mol. The largest absolute Gasteiger partial charge is 0.398 e. The van der Waals surface area contributed by atoms with Crippen molar-refractivity contribution in [2.45, 2.75) is 18.7 Å². The van der Waals surface area contributed by atoms with Crippen LogP contribution in [-0.4, -0.2) is 8.42 Å². The van der Waals surface area contributed by atoms with Crippen LogP contribution in [0.5, 0.6) is 0 Å². The van der Waals surface area contributed by atoms with Crippen LogP contribution < -0.4 is 10.5 Å². The number of aryl methyl sites for hydroxylation is 1. The zero-order valence-electron chi connectivity index (χ0n) is 11.4. The number of benzene rings is 2. The lowest BCUT2D eigenvalue weighted by molar-refractivity contribution is 0.600. The van der Waals surface area contributed by atoms with Crippen molar-refractivity contribution in [3.05, 3.63) is 52.3 Å². The summed E-state index contributed by atoms with van der Waals surface area (Å²) in [7, 11) is -3.83. The average molecular weight is 329 g/mol. The summed E-state index contributed by atoms with van der Waals surface area (Å²) in [5.74, 6) is -0.615. The van der Waals surface area contributed by atoms with Crippen LogP contribution in [0.2, 0.25) is 5.02 Å². The maximum atomic E-state index is 13.1. The van der Waals surface area contributed by atoms with E-state index in [1.807, 2.05) is 0 Å². The molecule has 0 bridgehead atoms. The van der Waals surface area contributed by atoms with E-state index < -0.39 is 15.8 Å². The molecule has 0 aliphatic rings. The number of nitrogen functional groups attached to an aromatic ring is 1. The molecule has 4 nitrogen and oxygen atoms in total. The second kappa shape index (κ2) is 5.54. The van der Waals surface area contributed by atoms with Gasteiger partial charge in [-0.1, -0.05) is 11.6 Å². The second-order valence-electron chi connectivity index (χ2n) is 4.71. The van der Waals surface area contributed by atoms with E-state index in [2.05, 4.69) is 4.72 Å². The van der Waals surface area contributed by atoms with Gasteiger partial charge in [-0.15, -0.1) is 0 Å². The van der Waals surface area contributed by atoms with E-state index in [9.17, 15) is 12.8 Å². The molecule has 2 aromatic carbocycles. The first-order valence-electron chi connectivity index (χ1n) is 6.05. The SMILES string of the molecule is Cc1cc(N)c(C)c(S(=O)(=O)Nc2ccc(F)c(Cl)c2)c1. The molecule has 0 radical (unpaired) electrons. The summed E-state index contributed by atoms with van der Waals surface area (Å²) < 4.78 is 40.3. The Morgan fingerprint density at radius 3 is 2.48 bits per heavy atom. The van der Waals surface area contributed by atoms with Crippen LogP contribution in [0.1, 0.15) is 11.1 Å². The zero-order valence-corrected chi connectivity index (χ0v) is 13.0. The third kappa shape index (κ3) is 3.28. The Hall–Kier alpha value is -1.79. The van der Waals surface area contributed by atoms with E-state index in [1.165, 1.54) is 18.2 Å². The summed E-state index contributed by atoms with van der Waals surface area (Å²) in [5.41, 5.74) is 7.56. The Kier molecular flexibility index (Phi) is 4.11. The van der Waals surface area contributed by atoms with Gasteiger partial charge in [0, 0.05) is 5.69 Å². The average Bonchev–Trinajstić information content (AvgIpc) is 2.37. The number of nitrogens with two attached hydrogens (primary N) is 1. The molecule has 0 amide bonds. The highest BCUT2D eigenvalue weighted by Gasteiger charge is 2.19. The number of anilines is 2. The molecule has 2 aromatic rings. The lowest BCUT2D eigenvalue weighted by Crippen LogP contribution is -2.15. The molecule has 0 aliphatic heterocycles. The Labute approximate surface area is 127 Å². The highest BCUT2D eigenvalue weighted by Crippen LogP contribution is 2.26. The summed E-state index contributed by atoms with van der Waals surface area (Å²) in [6.07, 6.45) is 0. The van der Waals surface area contributed by atoms with Crippen molar-refractivity contribution >= 4 is 33.0 Å². The molecule has 3 N–H and O–H groups in total. The van der Waals surface area contributed by atoms with Crippen LogP contribution in [0.3, 0.4) is 0 Å². The van der Waals surface area contributed by atoms with Crippen molar-refractivity contribution in [1.82, 2.24) is 0 Å². The van der Waals surface area contributed by atoms with Gasteiger partial charge < -0.3 is 5.73 Å². The molecule has 2 rings (SSSR count). The third-order valence-corrected chi connectivity index (χ3v) is 4.80. The van der Waals surface area contributed by atoms with Crippen molar-refractivity contribution in [2.75, 3.05) is 10.5 Å². The number of hydrogen-bond donors (Lipinski definition) is 2. The first-order chi connectivity index (χ1) is 9.70. The molecule has 0 heterocycles. The Bertz CT molecular complexity index is 807. The van der Waals surface area contributed by atoms with Gasteiger partial charge in [0.25, 0.3) is 10.0 Å². The minimum Gasteiger partial charge on any atom is -0.398 e. The number of halogens is 2. The van der Waals surface area contributed by atoms with Gasteiger partial charge in [-0.25, -0.2) is 12.8 Å². The highest BCUT2D eigenvalue weighted by molar-refractivity contribution is 7.92. The van der Waals surface area contributed by atoms with Crippen LogP contribution in [0.15, 0.2) is 35.2 Å². The fourth-order valence-corrected chi connectivity index (χ4v) is 3.49. The summed E-state index contributed by atoms with van der Waals surface area (Å²) >= 11 is 5.64. The maximum Gasteiger partial charge on any atom is 0.262 e. The van der Waals surface area contributed by atoms with Gasteiger partial charge >= 0.3 is 0 Å². The second-order valence-corrected chi connectivity index (χ2v) is 6.77. The Morgan fingerprint density at radius 2 is 1.86 bits per heavy atom. The molecule has 0 saturated carbocycles. The molecule has 0 fully saturated rings. The Balaban J connectivity index is 2.45. The predicted octanol–water partition coefficient (Wildman–Crippen LogP) is 3.48. The number of nitrogens with one attached hydrogen (secondary N) is 1. The lowest BCUT2D eigenvalue weighted by atomic mass is 10.1. The van der Waals surface area contributed by atoms with Crippen molar-refractivity contribution in [3.63, 3.8) is 0 Å². The standard InChI is InChI=1S/C14H14ClFN2O2S/c1-8-5-13(17)9(2)14(6-8)21(19,20)18-10-3-4-12(16)11(15)7-10/h3-7,18H,17H2,1-2H3. The van der Waals surface area contributed by atoms with Crippen molar-refractivity contribution in [1.29, 1.82) is 0 Å². The highest BCUT2D eigenvalue weighted by atomic mass is 35.5. The smallest absolute Gasteiger partial charge is 0.262 e. The normalized spacial score (nSPS) is 11.4. The molecule has 0 saturated heterocycles. The summed E-state index contributed by atoms with van der Waals surface area (Å²) in [6, 6.07) is 6.83. The molecular weight excluding hydrogens is 315 g/mol. The summed E-state index contributed by atoms with van der Waals surface area (Å²) in [6.45, 7) is 3.38. The minimum atomic E-state index is -3.83. The minimum absolute atomic E-state index is 0.0837. The molecule has 0 aliphatic carbocycles. The van der Waals surface area contributed by atoms with Gasteiger partial charge in [-0.05, 0) is 55.3 Å². The van der Waals surface area contributed by atoms with Gasteiger partial charge in [-0.2, -0.15) is 0 Å². The first kappa shape index (κ1) is 15.6. The summed E-state index contributed by atoms with van der Waals surface area (Å²) in [4.78, 5) is 0.0837. The van der Waals surface area contributed by atoms with Crippen LogP contribution in [0.4, 0.5) is 15.8 Å². The van der Waals surface area contributed by atoms with Gasteiger partial charge in [0.1, 0.15) is 5.82 Å². The van der Waals surface area contributed by atoms with E-state index in [0.29, 0.717) is 11.3 Å². The fourth-order valence-electron chi connectivity index (χ4n) is 1.90. The quantitative estimate of drug-likeness (QED) is 0.847. The van der Waals surface area contributed by atoms with E-state index in [4.69, 9.17) is 17.3 Å². The fraction of sp³-hybridized carbons (Fsp3) is 0.143. The molecule has 21 heavy (non-hydrogen) atoms. The number of rotatable bonds is 3. The molecule has 0 atom stereocenters. The van der Waals surface area contributed by atoms with Gasteiger partial charge in [0.15, 0.2) is 0 Å². The molecule has 112 valence electrons. The molecule has 0 spiro atoms. The molecular formula is C14H14ClFN2O2S. The maximum absolute atomic E-state index is 13.1. The van der Waals surface area contributed by atoms with Gasteiger partial charge in [0.2, 0.25) is 0 Å². The van der Waals surface area contributed by atoms with E-state index in [1.54, 1.807) is 19.9 Å². The topological polar surface area (TPSA) is 72.2 Å². The zero-order chi connectivity index (χ0) is 15.8. The number of hydrogen-bond acceptors (Lipinski definition) is 3. The van der Waals surface area contributed by atoms with E-state index in [0.717, 1.165) is 11.6 Å². The monoisotopic (exact) mass is 328 g/mol. The van der Waals surface area contributed by atoms with Crippen LogP contribution in [0, 0.1) is 19.7 Å². The molecule has 0 unspecified atom stereocenters. The van der Waals surface area contributed by atoms with Crippen LogP contribution in [0.25, 0.3) is 0 Å². The lowest BCUT2D eigenvalue weighted by Gasteiger charge is -2.13. The van der Waals surface area contributed by atoms with Gasteiger partial charge in [-0.3, -0.25) is 4.72 Å². The van der Waals surface area contributed by atoms with Crippen LogP contribution in [-0.2, 0) is 10.0 Å². The molecule has 0 aromatic heterocycles. The van der Waals surface area contributed by atoms with E-state index >= 15 is 0 Å². The molecule has 7 heteroatoms. The third-order valence-electron chi connectivity index (χ3n) is 3.01. The van der Waals surface area contributed by atoms with Crippen molar-refractivity contribution < 1.29 is 12.8 Å². The van der Waals surface area contributed by atoms with Gasteiger partial charge in [0.05, 0.1) is 15.6 Å². The summed E-state index contributed by atoms with van der Waals surface area (Å²) in [5, 5.41) is -0.157. The van der Waals surface area contributed by atoms with Crippen LogP contribution >= 0.6 is 11.6 Å². The Morgan fingerprint density at radius 1 is 1.19 bits per heavy atom. The first-order valence-corrected chi connectivity index (χ1v) is 7.91. The van der Waals surface area contributed by atoms with Crippen molar-refractivity contribution in [2.24, 2.45) is 0 Å². The van der Waals surface area contributed by atoms with Crippen molar-refractivity contribution in [3.8, 4) is 0 Å².